The molecule has 0 unspecified atom stereocenters. The summed E-state index contributed by atoms with van der Waals surface area (Å²) >= 11 is 1.29. The van der Waals surface area contributed by atoms with E-state index in [4.69, 9.17) is 0 Å². The van der Waals surface area contributed by atoms with Crippen LogP contribution in [0.3, 0.4) is 0 Å². The van der Waals surface area contributed by atoms with Crippen LogP contribution in [-0.2, 0) is 12.7 Å². The van der Waals surface area contributed by atoms with Gasteiger partial charge in [0.15, 0.2) is 5.13 Å². The molecule has 0 bridgehead atoms. The molecule has 0 spiro atoms. The molecule has 10 heteroatoms. The van der Waals surface area contributed by atoms with Crippen LogP contribution in [0, 0.1) is 6.92 Å². The van der Waals surface area contributed by atoms with Crippen molar-refractivity contribution < 1.29 is 18.0 Å². The van der Waals surface area contributed by atoms with E-state index in [-0.39, 0.29) is 5.91 Å². The summed E-state index contributed by atoms with van der Waals surface area (Å²) in [6.45, 7) is 7.00. The molecule has 0 saturated carbocycles. The van der Waals surface area contributed by atoms with Gasteiger partial charge >= 0.3 is 6.18 Å². The third-order valence-corrected chi connectivity index (χ3v) is 7.70. The standard InChI is InChI=1S/C30H30F3N5OS/c1-20-6-11-25(34-28(39)22-9-7-21(8-10-22)18-38-14-12-37(2)13-15-38)17-26(20)35-29-36-27(19-40-29)23-4-3-5-24(16-23)30(31,32)33/h3-11,16-17,19H,12-15,18H2,1-2H3,(H,34,39)(H,35,36). The average Bonchev–Trinajstić information content (AvgIpc) is 3.40. The maximum absolute atomic E-state index is 13.1. The van der Waals surface area contributed by atoms with Crippen LogP contribution in [0.4, 0.5) is 29.7 Å². The van der Waals surface area contributed by atoms with Crippen molar-refractivity contribution in [1.82, 2.24) is 14.8 Å². The van der Waals surface area contributed by atoms with Gasteiger partial charge in [0.2, 0.25) is 0 Å². The van der Waals surface area contributed by atoms with Gasteiger partial charge in [0.1, 0.15) is 0 Å². The lowest BCUT2D eigenvalue weighted by molar-refractivity contribution is -0.137. The van der Waals surface area contributed by atoms with Crippen molar-refractivity contribution in [3.63, 3.8) is 0 Å². The van der Waals surface area contributed by atoms with Crippen molar-refractivity contribution in [2.45, 2.75) is 19.6 Å². The van der Waals surface area contributed by atoms with Crippen LogP contribution >= 0.6 is 11.3 Å². The molecule has 3 aromatic carbocycles. The van der Waals surface area contributed by atoms with E-state index < -0.39 is 11.7 Å². The molecule has 40 heavy (non-hydrogen) atoms. The third kappa shape index (κ3) is 6.88. The normalized spacial score (nSPS) is 14.7. The Bertz CT molecular complexity index is 1480. The van der Waals surface area contributed by atoms with Crippen LogP contribution in [0.15, 0.2) is 72.1 Å². The van der Waals surface area contributed by atoms with E-state index in [1.807, 2.05) is 49.4 Å². The fourth-order valence-corrected chi connectivity index (χ4v) is 5.23. The van der Waals surface area contributed by atoms with Gasteiger partial charge in [-0.05, 0) is 61.5 Å². The molecular formula is C30H30F3N5OS. The number of anilines is 3. The Kier molecular flexibility index (Phi) is 8.20. The first-order chi connectivity index (χ1) is 19.1. The first-order valence-corrected chi connectivity index (χ1v) is 13.8. The maximum Gasteiger partial charge on any atom is 0.416 e. The van der Waals surface area contributed by atoms with E-state index in [0.717, 1.165) is 56.1 Å². The predicted molar refractivity (Wildman–Crippen MR) is 154 cm³/mol. The molecule has 1 saturated heterocycles. The van der Waals surface area contributed by atoms with Crippen molar-refractivity contribution in [2.75, 3.05) is 43.9 Å². The average molecular weight is 566 g/mol. The molecule has 1 aromatic heterocycles. The maximum atomic E-state index is 13.1. The van der Waals surface area contributed by atoms with Crippen molar-refractivity contribution in [3.05, 3.63) is 94.4 Å². The first kappa shape index (κ1) is 27.8. The second kappa shape index (κ2) is 11.8. The number of benzene rings is 3. The zero-order valence-corrected chi connectivity index (χ0v) is 23.1. The molecule has 1 aliphatic rings. The molecule has 6 nitrogen and oxygen atoms in total. The number of hydrogen-bond donors (Lipinski definition) is 2. The predicted octanol–water partition coefficient (Wildman–Crippen LogP) is 6.88. The highest BCUT2D eigenvalue weighted by molar-refractivity contribution is 7.14. The van der Waals surface area contributed by atoms with Gasteiger partial charge in [0, 0.05) is 60.6 Å². The molecule has 2 heterocycles. The molecule has 4 aromatic rings. The molecule has 0 atom stereocenters. The SMILES string of the molecule is Cc1ccc(NC(=O)c2ccc(CN3CCN(C)CC3)cc2)cc1Nc1nc(-c2cccc(C(F)(F)F)c2)cs1. The van der Waals surface area contributed by atoms with Gasteiger partial charge in [-0.25, -0.2) is 4.98 Å². The zero-order valence-electron chi connectivity index (χ0n) is 22.3. The van der Waals surface area contributed by atoms with E-state index in [9.17, 15) is 18.0 Å². The van der Waals surface area contributed by atoms with Crippen LogP contribution in [0.5, 0.6) is 0 Å². The second-order valence-corrected chi connectivity index (χ2v) is 10.9. The van der Waals surface area contributed by atoms with Crippen LogP contribution in [0.1, 0.15) is 27.0 Å². The zero-order chi connectivity index (χ0) is 28.3. The van der Waals surface area contributed by atoms with Gasteiger partial charge in [0.05, 0.1) is 11.3 Å². The lowest BCUT2D eigenvalue weighted by Gasteiger charge is -2.32. The molecule has 5 rings (SSSR count). The molecule has 208 valence electrons. The lowest BCUT2D eigenvalue weighted by atomic mass is 10.1. The van der Waals surface area contributed by atoms with Crippen LogP contribution < -0.4 is 10.6 Å². The summed E-state index contributed by atoms with van der Waals surface area (Å²) in [6, 6.07) is 18.4. The number of likely N-dealkylation sites (N-methyl/N-ethyl adjacent to an activating group) is 1. The molecule has 1 aliphatic heterocycles. The quantitative estimate of drug-likeness (QED) is 0.256. The van der Waals surface area contributed by atoms with E-state index in [1.54, 1.807) is 11.4 Å². The smallest absolute Gasteiger partial charge is 0.331 e. The summed E-state index contributed by atoms with van der Waals surface area (Å²) in [6.07, 6.45) is -4.41. The number of rotatable bonds is 7. The monoisotopic (exact) mass is 565 g/mol. The van der Waals surface area contributed by atoms with Gasteiger partial charge in [-0.1, -0.05) is 30.3 Å². The van der Waals surface area contributed by atoms with E-state index in [2.05, 4.69) is 32.5 Å². The Hall–Kier alpha value is -3.73. The Morgan fingerprint density at radius 3 is 2.48 bits per heavy atom. The second-order valence-electron chi connectivity index (χ2n) is 10.0. The van der Waals surface area contributed by atoms with Crippen LogP contribution in [-0.4, -0.2) is 53.9 Å². The third-order valence-electron chi connectivity index (χ3n) is 6.95. The summed E-state index contributed by atoms with van der Waals surface area (Å²) in [4.78, 5) is 22.1. The minimum atomic E-state index is -4.41. The number of thiazole rings is 1. The number of aromatic nitrogens is 1. The van der Waals surface area contributed by atoms with E-state index in [1.165, 1.54) is 23.0 Å². The van der Waals surface area contributed by atoms with Crippen molar-refractivity contribution in [3.8, 4) is 11.3 Å². The topological polar surface area (TPSA) is 60.5 Å². The molecule has 2 N–H and O–H groups in total. The molecule has 0 aliphatic carbocycles. The highest BCUT2D eigenvalue weighted by Gasteiger charge is 2.30. The van der Waals surface area contributed by atoms with Gasteiger partial charge in [-0.3, -0.25) is 9.69 Å². The van der Waals surface area contributed by atoms with E-state index in [0.29, 0.717) is 27.6 Å². The molecular weight excluding hydrogens is 535 g/mol. The number of carbonyl (C=O) groups excluding carboxylic acids is 1. The van der Waals surface area contributed by atoms with Gasteiger partial charge in [-0.2, -0.15) is 13.2 Å². The summed E-state index contributed by atoms with van der Waals surface area (Å²) in [7, 11) is 2.14. The Labute approximate surface area is 235 Å². The largest absolute Gasteiger partial charge is 0.416 e. The summed E-state index contributed by atoms with van der Waals surface area (Å²) in [5.74, 6) is -0.206. The minimum Gasteiger partial charge on any atom is -0.331 e. The Morgan fingerprint density at radius 2 is 1.75 bits per heavy atom. The number of alkyl halides is 3. The summed E-state index contributed by atoms with van der Waals surface area (Å²) in [5, 5.41) is 8.44. The summed E-state index contributed by atoms with van der Waals surface area (Å²) < 4.78 is 39.3. The minimum absolute atomic E-state index is 0.206. The fraction of sp³-hybridized carbons (Fsp3) is 0.267. The highest BCUT2D eigenvalue weighted by Crippen LogP contribution is 2.34. The van der Waals surface area contributed by atoms with Crippen molar-refractivity contribution in [2.24, 2.45) is 0 Å². The number of amides is 1. The first-order valence-electron chi connectivity index (χ1n) is 13.0. The summed E-state index contributed by atoms with van der Waals surface area (Å²) in [5.41, 5.74) is 4.18. The molecule has 1 amide bonds. The van der Waals surface area contributed by atoms with Gasteiger partial charge < -0.3 is 15.5 Å². The Morgan fingerprint density at radius 1 is 1.00 bits per heavy atom. The molecule has 0 radical (unpaired) electrons. The molecule has 1 fully saturated rings. The van der Waals surface area contributed by atoms with Gasteiger partial charge in [0.25, 0.3) is 5.91 Å². The number of hydrogen-bond acceptors (Lipinski definition) is 6. The number of nitrogens with one attached hydrogen (secondary N) is 2. The van der Waals surface area contributed by atoms with E-state index >= 15 is 0 Å². The highest BCUT2D eigenvalue weighted by atomic mass is 32.1. The Balaban J connectivity index is 1.23. The number of carbonyl (C=O) groups is 1. The van der Waals surface area contributed by atoms with Crippen LogP contribution in [0.2, 0.25) is 0 Å². The van der Waals surface area contributed by atoms with Gasteiger partial charge in [-0.15, -0.1) is 11.3 Å². The number of aryl methyl sites for hydroxylation is 1. The number of piperazine rings is 1. The lowest BCUT2D eigenvalue weighted by Crippen LogP contribution is -2.43. The van der Waals surface area contributed by atoms with Crippen molar-refractivity contribution >= 4 is 33.8 Å². The van der Waals surface area contributed by atoms with Crippen LogP contribution in [0.25, 0.3) is 11.3 Å². The fourth-order valence-electron chi connectivity index (χ4n) is 4.50. The number of nitrogens with zero attached hydrogens (tertiary/aromatic N) is 3. The van der Waals surface area contributed by atoms with Crippen molar-refractivity contribution in [1.29, 1.82) is 0 Å². The number of halogens is 3.